The number of hydrogen-bond donors (Lipinski definition) is 1. The van der Waals surface area contributed by atoms with Crippen molar-refractivity contribution in [1.29, 1.82) is 0 Å². The first-order valence-corrected chi connectivity index (χ1v) is 9.67. The molecule has 0 saturated heterocycles. The lowest BCUT2D eigenvalue weighted by atomic mass is 10.2. The van der Waals surface area contributed by atoms with Gasteiger partial charge >= 0.3 is 0 Å². The van der Waals surface area contributed by atoms with Gasteiger partial charge in [-0.1, -0.05) is 24.3 Å². The maximum absolute atomic E-state index is 12.8. The molecule has 2 heterocycles. The monoisotopic (exact) mass is 406 g/mol. The van der Waals surface area contributed by atoms with Crippen molar-refractivity contribution in [1.82, 2.24) is 14.8 Å². The minimum Gasteiger partial charge on any atom is -0.493 e. The quantitative estimate of drug-likeness (QED) is 0.517. The molecule has 29 heavy (non-hydrogen) atoms. The van der Waals surface area contributed by atoms with Crippen molar-refractivity contribution in [3.63, 3.8) is 0 Å². The summed E-state index contributed by atoms with van der Waals surface area (Å²) in [6, 6.07) is 18.6. The highest BCUT2D eigenvalue weighted by molar-refractivity contribution is 7.13. The number of carbonyl (C=O) groups is 1. The molecule has 7 nitrogen and oxygen atoms in total. The van der Waals surface area contributed by atoms with Crippen LogP contribution in [0.2, 0.25) is 0 Å². The van der Waals surface area contributed by atoms with E-state index < -0.39 is 5.91 Å². The van der Waals surface area contributed by atoms with Gasteiger partial charge in [-0.2, -0.15) is 0 Å². The van der Waals surface area contributed by atoms with Crippen LogP contribution in [0.1, 0.15) is 10.6 Å². The Morgan fingerprint density at radius 3 is 2.48 bits per heavy atom. The van der Waals surface area contributed by atoms with Crippen LogP contribution in [0.15, 0.2) is 66.0 Å². The molecule has 0 aliphatic rings. The first kappa shape index (κ1) is 18.7. The van der Waals surface area contributed by atoms with Crippen molar-refractivity contribution >= 4 is 22.9 Å². The Hall–Kier alpha value is -3.65. The number of anilines is 1. The summed E-state index contributed by atoms with van der Waals surface area (Å²) in [5, 5.41) is 9.23. The average molecular weight is 406 g/mol. The van der Waals surface area contributed by atoms with Crippen LogP contribution in [0.3, 0.4) is 0 Å². The van der Waals surface area contributed by atoms with E-state index in [1.54, 1.807) is 37.1 Å². The largest absolute Gasteiger partial charge is 0.493 e. The molecular weight excluding hydrogens is 388 g/mol. The first-order chi connectivity index (χ1) is 14.2. The Morgan fingerprint density at radius 2 is 1.79 bits per heavy atom. The van der Waals surface area contributed by atoms with E-state index in [2.05, 4.69) is 15.4 Å². The third-order valence-electron chi connectivity index (χ3n) is 4.19. The van der Waals surface area contributed by atoms with Crippen LogP contribution >= 0.6 is 11.3 Å². The van der Waals surface area contributed by atoms with E-state index in [9.17, 15) is 4.79 Å². The summed E-state index contributed by atoms with van der Waals surface area (Å²) in [5.74, 6) is 1.38. The highest BCUT2D eigenvalue weighted by Crippen LogP contribution is 2.30. The normalized spacial score (nSPS) is 10.6. The zero-order valence-electron chi connectivity index (χ0n) is 15.8. The first-order valence-electron chi connectivity index (χ1n) is 8.79. The molecule has 0 bridgehead atoms. The van der Waals surface area contributed by atoms with Gasteiger partial charge in [0, 0.05) is 11.8 Å². The second-order valence-corrected chi connectivity index (χ2v) is 6.96. The molecule has 0 aliphatic heterocycles. The third kappa shape index (κ3) is 3.83. The lowest BCUT2D eigenvalue weighted by molar-refractivity contribution is 0.101. The van der Waals surface area contributed by atoms with Gasteiger partial charge < -0.3 is 14.8 Å². The summed E-state index contributed by atoms with van der Waals surface area (Å²) >= 11 is 1.54. The van der Waals surface area contributed by atoms with Crippen molar-refractivity contribution in [2.75, 3.05) is 19.5 Å². The number of nitrogens with zero attached hydrogens (tertiary/aromatic N) is 3. The van der Waals surface area contributed by atoms with Gasteiger partial charge in [0.1, 0.15) is 0 Å². The summed E-state index contributed by atoms with van der Waals surface area (Å²) in [5.41, 5.74) is 1.38. The predicted molar refractivity (Wildman–Crippen MR) is 112 cm³/mol. The number of nitrogens with one attached hydrogen (secondary N) is 1. The van der Waals surface area contributed by atoms with Crippen molar-refractivity contribution < 1.29 is 14.3 Å². The molecule has 0 unspecified atom stereocenters. The van der Waals surface area contributed by atoms with E-state index in [4.69, 9.17) is 9.47 Å². The van der Waals surface area contributed by atoms with Crippen molar-refractivity contribution in [2.45, 2.75) is 0 Å². The zero-order chi connectivity index (χ0) is 20.2. The van der Waals surface area contributed by atoms with E-state index in [-0.39, 0.29) is 5.82 Å². The predicted octanol–water partition coefficient (Wildman–Crippen LogP) is 4.27. The number of para-hydroxylation sites is 1. The second-order valence-electron chi connectivity index (χ2n) is 6.01. The molecule has 0 radical (unpaired) electrons. The number of hydrogen-bond acceptors (Lipinski definition) is 6. The SMILES string of the molecule is COc1ccc(NC(=O)c2nc(-c3cccs3)n(-c3ccccc3)n2)cc1OC. The minimum absolute atomic E-state index is 0.0760. The molecule has 2 aromatic carbocycles. The molecule has 1 N–H and O–H groups in total. The summed E-state index contributed by atoms with van der Waals surface area (Å²) < 4.78 is 12.2. The Balaban J connectivity index is 1.67. The molecule has 1 amide bonds. The Bertz CT molecular complexity index is 1120. The van der Waals surface area contributed by atoms with E-state index in [1.807, 2.05) is 47.8 Å². The molecule has 0 atom stereocenters. The zero-order valence-corrected chi connectivity index (χ0v) is 16.6. The standard InChI is InChI=1S/C21H18N4O3S/c1-27-16-11-10-14(13-17(16)28-2)22-21(26)19-23-20(18-9-6-12-29-18)25(24-19)15-7-4-3-5-8-15/h3-13H,1-2H3,(H,22,26). The third-order valence-corrected chi connectivity index (χ3v) is 5.06. The van der Waals surface area contributed by atoms with Crippen molar-refractivity contribution in [2.24, 2.45) is 0 Å². The van der Waals surface area contributed by atoms with Crippen LogP contribution in [-0.2, 0) is 0 Å². The number of ether oxygens (including phenoxy) is 2. The summed E-state index contributed by atoms with van der Waals surface area (Å²) in [6.07, 6.45) is 0. The minimum atomic E-state index is -0.412. The topological polar surface area (TPSA) is 78.3 Å². The molecule has 0 aliphatic carbocycles. The van der Waals surface area contributed by atoms with Gasteiger partial charge in [0.2, 0.25) is 5.82 Å². The average Bonchev–Trinajstić information content (AvgIpc) is 3.44. The number of benzene rings is 2. The van der Waals surface area contributed by atoms with Gasteiger partial charge in [0.05, 0.1) is 24.8 Å². The van der Waals surface area contributed by atoms with Gasteiger partial charge in [0.25, 0.3) is 5.91 Å². The summed E-state index contributed by atoms with van der Waals surface area (Å²) in [4.78, 5) is 18.2. The Labute approximate surface area is 171 Å². The number of methoxy groups -OCH3 is 2. The van der Waals surface area contributed by atoms with Crippen molar-refractivity contribution in [3.05, 3.63) is 71.9 Å². The van der Waals surface area contributed by atoms with Crippen LogP contribution in [-0.4, -0.2) is 34.9 Å². The van der Waals surface area contributed by atoms with Crippen molar-refractivity contribution in [3.8, 4) is 27.9 Å². The van der Waals surface area contributed by atoms with Crippen LogP contribution in [0.4, 0.5) is 5.69 Å². The number of amides is 1. The van der Waals surface area contributed by atoms with Gasteiger partial charge in [-0.3, -0.25) is 4.79 Å². The molecule has 4 aromatic rings. The fraction of sp³-hybridized carbons (Fsp3) is 0.0952. The number of carbonyl (C=O) groups excluding carboxylic acids is 1. The molecule has 0 spiro atoms. The maximum atomic E-state index is 12.8. The Kier molecular flexibility index (Phi) is 5.26. The maximum Gasteiger partial charge on any atom is 0.295 e. The molecule has 146 valence electrons. The van der Waals surface area contributed by atoms with Crippen LogP contribution in [0, 0.1) is 0 Å². The smallest absolute Gasteiger partial charge is 0.295 e. The van der Waals surface area contributed by atoms with Gasteiger partial charge in [-0.05, 0) is 35.7 Å². The Morgan fingerprint density at radius 1 is 1.00 bits per heavy atom. The van der Waals surface area contributed by atoms with Gasteiger partial charge in [0.15, 0.2) is 17.3 Å². The molecule has 2 aromatic heterocycles. The highest BCUT2D eigenvalue weighted by atomic mass is 32.1. The number of thiophene rings is 1. The summed E-state index contributed by atoms with van der Waals surface area (Å²) in [6.45, 7) is 0. The van der Waals surface area contributed by atoms with Gasteiger partial charge in [-0.15, -0.1) is 16.4 Å². The fourth-order valence-electron chi connectivity index (χ4n) is 2.82. The number of aromatic nitrogens is 3. The van der Waals surface area contributed by atoms with Crippen LogP contribution < -0.4 is 14.8 Å². The van der Waals surface area contributed by atoms with E-state index >= 15 is 0 Å². The molecule has 0 saturated carbocycles. The van der Waals surface area contributed by atoms with Crippen LogP contribution in [0.5, 0.6) is 11.5 Å². The number of rotatable bonds is 6. The molecular formula is C21H18N4O3S. The van der Waals surface area contributed by atoms with E-state index in [0.29, 0.717) is 23.0 Å². The van der Waals surface area contributed by atoms with E-state index in [0.717, 1.165) is 10.6 Å². The highest BCUT2D eigenvalue weighted by Gasteiger charge is 2.20. The lowest BCUT2D eigenvalue weighted by Gasteiger charge is -2.09. The fourth-order valence-corrected chi connectivity index (χ4v) is 3.52. The summed E-state index contributed by atoms with van der Waals surface area (Å²) in [7, 11) is 3.10. The lowest BCUT2D eigenvalue weighted by Crippen LogP contribution is -2.14. The molecule has 0 fully saturated rings. The van der Waals surface area contributed by atoms with Gasteiger partial charge in [-0.25, -0.2) is 9.67 Å². The molecule has 8 heteroatoms. The van der Waals surface area contributed by atoms with Crippen LogP contribution in [0.25, 0.3) is 16.4 Å². The van der Waals surface area contributed by atoms with E-state index in [1.165, 1.54) is 11.3 Å². The second kappa shape index (κ2) is 8.15. The molecule has 4 rings (SSSR count).